The molecule has 0 spiro atoms. The van der Waals surface area contributed by atoms with Gasteiger partial charge >= 0.3 is 0 Å². The van der Waals surface area contributed by atoms with E-state index in [9.17, 15) is 9.90 Å². The molecule has 1 aliphatic carbocycles. The van der Waals surface area contributed by atoms with Crippen molar-refractivity contribution < 1.29 is 14.6 Å². The highest BCUT2D eigenvalue weighted by Crippen LogP contribution is 2.25. The summed E-state index contributed by atoms with van der Waals surface area (Å²) in [6, 6.07) is 7.28. The third-order valence-electron chi connectivity index (χ3n) is 3.96. The van der Waals surface area contributed by atoms with Crippen molar-refractivity contribution >= 4 is 5.91 Å². The Bertz CT molecular complexity index is 430. The van der Waals surface area contributed by atoms with E-state index in [4.69, 9.17) is 4.74 Å². The van der Waals surface area contributed by atoms with Crippen molar-refractivity contribution in [1.82, 2.24) is 5.32 Å². The molecular formula is C16H23NO3. The normalized spacial score (nSPS) is 21.9. The molecule has 1 saturated carbocycles. The minimum atomic E-state index is 0.103. The molecule has 2 N–H and O–H groups in total. The van der Waals surface area contributed by atoms with Gasteiger partial charge in [-0.15, -0.1) is 0 Å². The fourth-order valence-electron chi connectivity index (χ4n) is 2.84. The molecule has 2 atom stereocenters. The number of rotatable bonds is 6. The van der Waals surface area contributed by atoms with Crippen molar-refractivity contribution in [2.24, 2.45) is 5.92 Å². The second-order valence-electron chi connectivity index (χ2n) is 5.49. The maximum atomic E-state index is 12.0. The predicted molar refractivity (Wildman–Crippen MR) is 77.6 cm³/mol. The van der Waals surface area contributed by atoms with Crippen molar-refractivity contribution in [3.63, 3.8) is 0 Å². The molecule has 20 heavy (non-hydrogen) atoms. The number of phenols is 1. The monoisotopic (exact) mass is 277 g/mol. The summed E-state index contributed by atoms with van der Waals surface area (Å²) < 4.78 is 5.20. The number of hydrogen-bond donors (Lipinski definition) is 2. The maximum absolute atomic E-state index is 12.0. The Hall–Kier alpha value is -1.55. The summed E-state index contributed by atoms with van der Waals surface area (Å²) in [5.74, 6) is 0.815. The average Bonchev–Trinajstić information content (AvgIpc) is 2.86. The van der Waals surface area contributed by atoms with Gasteiger partial charge in [0, 0.05) is 25.5 Å². The van der Waals surface area contributed by atoms with Gasteiger partial charge in [-0.3, -0.25) is 4.79 Å². The summed E-state index contributed by atoms with van der Waals surface area (Å²) in [6.07, 6.45) is 4.54. The highest BCUT2D eigenvalue weighted by atomic mass is 16.5. The van der Waals surface area contributed by atoms with Crippen LogP contribution < -0.4 is 5.32 Å². The number of ether oxygens (including phenoxy) is 1. The summed E-state index contributed by atoms with van der Waals surface area (Å²) in [7, 11) is 1.71. The first-order valence-electron chi connectivity index (χ1n) is 7.25. The van der Waals surface area contributed by atoms with Crippen LogP contribution in [0.3, 0.4) is 0 Å². The van der Waals surface area contributed by atoms with E-state index in [1.165, 1.54) is 0 Å². The molecule has 1 aliphatic rings. The van der Waals surface area contributed by atoms with Crippen molar-refractivity contribution in [1.29, 1.82) is 0 Å². The molecule has 1 aromatic rings. The molecular weight excluding hydrogens is 254 g/mol. The van der Waals surface area contributed by atoms with Crippen LogP contribution in [0.1, 0.15) is 31.2 Å². The highest BCUT2D eigenvalue weighted by molar-refractivity contribution is 5.76. The van der Waals surface area contributed by atoms with Gasteiger partial charge in [-0.05, 0) is 37.0 Å². The number of carbonyl (C=O) groups excluding carboxylic acids is 1. The molecule has 0 radical (unpaired) electrons. The van der Waals surface area contributed by atoms with Crippen molar-refractivity contribution in [3.05, 3.63) is 29.8 Å². The number of phenolic OH excluding ortho intramolecular Hbond substituents is 1. The Balaban J connectivity index is 1.76. The number of methoxy groups -OCH3 is 1. The molecule has 110 valence electrons. The largest absolute Gasteiger partial charge is 0.508 e. The third-order valence-corrected chi connectivity index (χ3v) is 3.96. The fourth-order valence-corrected chi connectivity index (χ4v) is 2.84. The topological polar surface area (TPSA) is 58.6 Å². The quantitative estimate of drug-likeness (QED) is 0.838. The van der Waals surface area contributed by atoms with Crippen LogP contribution in [0, 0.1) is 5.92 Å². The molecule has 0 aliphatic heterocycles. The molecule has 0 heterocycles. The second kappa shape index (κ2) is 7.29. The summed E-state index contributed by atoms with van der Waals surface area (Å²) in [6.45, 7) is 0.725. The van der Waals surface area contributed by atoms with Gasteiger partial charge in [0.05, 0.1) is 6.61 Å². The summed E-state index contributed by atoms with van der Waals surface area (Å²) in [5, 5.41) is 12.3. The first-order chi connectivity index (χ1) is 9.69. The zero-order valence-corrected chi connectivity index (χ0v) is 12.0. The van der Waals surface area contributed by atoms with E-state index < -0.39 is 0 Å². The lowest BCUT2D eigenvalue weighted by molar-refractivity contribution is -0.122. The van der Waals surface area contributed by atoms with Crippen LogP contribution in [0.25, 0.3) is 0 Å². The van der Waals surface area contributed by atoms with E-state index in [0.717, 1.165) is 31.4 Å². The third kappa shape index (κ3) is 4.23. The number of nitrogens with one attached hydrogen (secondary N) is 1. The minimum Gasteiger partial charge on any atom is -0.508 e. The first kappa shape index (κ1) is 14.9. The van der Waals surface area contributed by atoms with Crippen LogP contribution in [0.4, 0.5) is 0 Å². The van der Waals surface area contributed by atoms with Crippen molar-refractivity contribution in [3.8, 4) is 5.75 Å². The van der Waals surface area contributed by atoms with E-state index in [1.807, 2.05) is 12.1 Å². The average molecular weight is 277 g/mol. The Morgan fingerprint density at radius 1 is 1.35 bits per heavy atom. The standard InChI is InChI=1S/C16H23NO3/c1-20-11-13-3-2-4-15(13)17-16(19)10-7-12-5-8-14(18)9-6-12/h5-6,8-9,13,15,18H,2-4,7,10-11H2,1H3,(H,17,19)/t13-,15-/m1/s1. The summed E-state index contributed by atoms with van der Waals surface area (Å²) >= 11 is 0. The lowest BCUT2D eigenvalue weighted by Crippen LogP contribution is -2.38. The Morgan fingerprint density at radius 2 is 2.10 bits per heavy atom. The van der Waals surface area contributed by atoms with Crippen molar-refractivity contribution in [2.45, 2.75) is 38.1 Å². The predicted octanol–water partition coefficient (Wildman–Crippen LogP) is 2.26. The minimum absolute atomic E-state index is 0.103. The molecule has 0 unspecified atom stereocenters. The first-order valence-corrected chi connectivity index (χ1v) is 7.25. The number of hydrogen-bond acceptors (Lipinski definition) is 3. The molecule has 1 aromatic carbocycles. The SMILES string of the molecule is COC[C@H]1CCC[C@H]1NC(=O)CCc1ccc(O)cc1. The molecule has 4 heteroatoms. The zero-order chi connectivity index (χ0) is 14.4. The van der Waals surface area contributed by atoms with Gasteiger partial charge < -0.3 is 15.2 Å². The van der Waals surface area contributed by atoms with Gasteiger partial charge in [0.25, 0.3) is 0 Å². The van der Waals surface area contributed by atoms with Crippen LogP contribution in [0.15, 0.2) is 24.3 Å². The Kier molecular flexibility index (Phi) is 5.41. The molecule has 0 saturated heterocycles. The number of aromatic hydroxyl groups is 1. The van der Waals surface area contributed by atoms with E-state index in [0.29, 0.717) is 18.8 Å². The lowest BCUT2D eigenvalue weighted by Gasteiger charge is -2.20. The molecule has 4 nitrogen and oxygen atoms in total. The van der Waals surface area contributed by atoms with Crippen LogP contribution in [0.2, 0.25) is 0 Å². The zero-order valence-electron chi connectivity index (χ0n) is 12.0. The van der Waals surface area contributed by atoms with Gasteiger partial charge in [0.15, 0.2) is 0 Å². The molecule has 1 amide bonds. The van der Waals surface area contributed by atoms with Gasteiger partial charge in [0.1, 0.15) is 5.75 Å². The van der Waals surface area contributed by atoms with Gasteiger partial charge in [-0.25, -0.2) is 0 Å². The van der Waals surface area contributed by atoms with E-state index in [1.54, 1.807) is 19.2 Å². The van der Waals surface area contributed by atoms with E-state index in [2.05, 4.69) is 5.32 Å². The molecule has 1 fully saturated rings. The van der Waals surface area contributed by atoms with E-state index in [-0.39, 0.29) is 17.7 Å². The highest BCUT2D eigenvalue weighted by Gasteiger charge is 2.28. The number of carbonyl (C=O) groups is 1. The number of aryl methyl sites for hydroxylation is 1. The van der Waals surface area contributed by atoms with Crippen LogP contribution >= 0.6 is 0 Å². The smallest absolute Gasteiger partial charge is 0.220 e. The summed E-state index contributed by atoms with van der Waals surface area (Å²) in [5.41, 5.74) is 1.07. The van der Waals surface area contributed by atoms with Crippen LogP contribution in [-0.2, 0) is 16.0 Å². The lowest BCUT2D eigenvalue weighted by atomic mass is 10.0. The Labute approximate surface area is 120 Å². The fraction of sp³-hybridized carbons (Fsp3) is 0.562. The molecule has 0 aromatic heterocycles. The second-order valence-corrected chi connectivity index (χ2v) is 5.49. The van der Waals surface area contributed by atoms with Gasteiger partial charge in [0.2, 0.25) is 5.91 Å². The molecule has 2 rings (SSSR count). The molecule has 0 bridgehead atoms. The van der Waals surface area contributed by atoms with Crippen LogP contribution in [-0.4, -0.2) is 30.8 Å². The van der Waals surface area contributed by atoms with Gasteiger partial charge in [-0.2, -0.15) is 0 Å². The van der Waals surface area contributed by atoms with Crippen molar-refractivity contribution in [2.75, 3.05) is 13.7 Å². The van der Waals surface area contributed by atoms with Gasteiger partial charge in [-0.1, -0.05) is 18.6 Å². The van der Waals surface area contributed by atoms with Crippen LogP contribution in [0.5, 0.6) is 5.75 Å². The maximum Gasteiger partial charge on any atom is 0.220 e. The number of benzene rings is 1. The Morgan fingerprint density at radius 3 is 2.80 bits per heavy atom. The van der Waals surface area contributed by atoms with E-state index >= 15 is 0 Å². The summed E-state index contributed by atoms with van der Waals surface area (Å²) in [4.78, 5) is 12.0. The number of amides is 1.